The highest BCUT2D eigenvalue weighted by Crippen LogP contribution is 2.47. The third-order valence-corrected chi connectivity index (χ3v) is 26.6. The van der Waals surface area contributed by atoms with Gasteiger partial charge < -0.3 is 41.3 Å². The molecule has 0 saturated heterocycles. The minimum atomic E-state index is 0.515. The zero-order chi connectivity index (χ0) is 87.1. The molecule has 0 spiro atoms. The van der Waals surface area contributed by atoms with E-state index < -0.39 is 0 Å². The number of benzene rings is 18. The maximum absolute atomic E-state index is 7.54. The van der Waals surface area contributed by atoms with Crippen LogP contribution in [-0.4, -0.2) is 18.3 Å². The molecule has 0 unspecified atom stereocenters. The molecular formula is C118H72N8O5. The summed E-state index contributed by atoms with van der Waals surface area (Å²) in [5.74, 6) is 0. The number of hydrogen-bond donors (Lipinski definition) is 0. The van der Waals surface area contributed by atoms with E-state index in [0.29, 0.717) is 62.4 Å². The molecule has 3 aliphatic rings. The van der Waals surface area contributed by atoms with Crippen molar-refractivity contribution in [3.8, 4) is 78.4 Å². The Bertz CT molecular complexity index is 9190. The highest BCUT2D eigenvalue weighted by Gasteiger charge is 2.27. The van der Waals surface area contributed by atoms with Crippen LogP contribution in [0.1, 0.15) is 33.4 Å². The zero-order valence-corrected chi connectivity index (χ0v) is 70.5. The van der Waals surface area contributed by atoms with Gasteiger partial charge in [-0.15, -0.1) is 0 Å². The largest absolute Gasteiger partial charge is 0.456 e. The second-order valence-electron chi connectivity index (χ2n) is 33.8. The molecule has 614 valence electrons. The smallest absolute Gasteiger partial charge is 0.188 e. The summed E-state index contributed by atoms with van der Waals surface area (Å²) in [5, 5.41) is 13.4. The van der Waals surface area contributed by atoms with Gasteiger partial charge in [0, 0.05) is 71.4 Å². The molecule has 18 aromatic carbocycles. The molecule has 0 atom stereocenters. The first-order chi connectivity index (χ1) is 64.7. The lowest BCUT2D eigenvalue weighted by Crippen LogP contribution is -1.98. The standard InChI is InChI=1S/C40H24N4O.2C39H24N2O2/c1-41-27-12-17-39-35(20-27)32-7-3-5-9-37(32)43(39)29-15-16-31-26(19-29)24-45-23-25-11-14-30(22-34(25)31)44-38-10-6-4-8-33(38)36-21-28(42-2)13-18-40(36)44;1-40-27-15-18-37-35(21-27)31-7-2-4-11-36(31)41(37)28-16-17-29-26(19-28)23-42-22-25-14-13-24(20-34(25)29)30-9-6-10-33-32-8-3-5-12-38(32)43-39(30)33;1-40-28-13-17-37-35(21-28)31-6-2-4-8-36(31)41(37)29-14-16-30-27(18-29)23-42-22-26-11-10-24(19-34(26)30)25-12-15-33-32-7-3-5-9-38(32)43-39(33)20-25/h3-22H,23-24H2;2*2-21H,22-23H2. The molecule has 0 saturated carbocycles. The molecule has 27 rings (SSSR count). The molecule has 6 aromatic heterocycles. The molecule has 13 nitrogen and oxygen atoms in total. The number of nitrogens with zero attached hydrogens (tertiary/aromatic N) is 8. The zero-order valence-electron chi connectivity index (χ0n) is 70.5. The summed E-state index contributed by atoms with van der Waals surface area (Å²) in [6, 6.07) is 127. The van der Waals surface area contributed by atoms with Crippen LogP contribution in [0, 0.1) is 26.3 Å². The van der Waals surface area contributed by atoms with Gasteiger partial charge >= 0.3 is 0 Å². The second kappa shape index (κ2) is 30.7. The van der Waals surface area contributed by atoms with Crippen molar-refractivity contribution in [3.63, 3.8) is 0 Å². The molecule has 9 heterocycles. The van der Waals surface area contributed by atoms with E-state index in [-0.39, 0.29) is 0 Å². The van der Waals surface area contributed by atoms with E-state index in [9.17, 15) is 0 Å². The lowest BCUT2D eigenvalue weighted by atomic mass is 9.92. The fourth-order valence-corrected chi connectivity index (χ4v) is 20.6. The van der Waals surface area contributed by atoms with E-state index in [0.717, 1.165) is 198 Å². The van der Waals surface area contributed by atoms with Crippen molar-refractivity contribution >= 4 is 154 Å². The van der Waals surface area contributed by atoms with Gasteiger partial charge in [0.2, 0.25) is 0 Å². The number of furan rings is 2. The van der Waals surface area contributed by atoms with Crippen molar-refractivity contribution in [1.29, 1.82) is 0 Å². The summed E-state index contributed by atoms with van der Waals surface area (Å²) in [6.07, 6.45) is 0. The van der Waals surface area contributed by atoms with E-state index in [2.05, 4.69) is 329 Å². The minimum absolute atomic E-state index is 0.515. The molecule has 0 bridgehead atoms. The monoisotopic (exact) mass is 1680 g/mol. The molecular weight excluding hydrogens is 1610 g/mol. The van der Waals surface area contributed by atoms with Crippen molar-refractivity contribution in [2.24, 2.45) is 0 Å². The molecule has 0 fully saturated rings. The Kier molecular flexibility index (Phi) is 17.8. The fourth-order valence-electron chi connectivity index (χ4n) is 20.6. The van der Waals surface area contributed by atoms with Crippen LogP contribution < -0.4 is 0 Å². The third kappa shape index (κ3) is 12.5. The fraction of sp³-hybridized carbons (Fsp3) is 0.0508. The number of ether oxygens (including phenoxy) is 3. The number of rotatable bonds is 6. The van der Waals surface area contributed by atoms with Crippen molar-refractivity contribution in [3.05, 3.63) is 443 Å². The number of fused-ring (bicyclic) bond motifs is 27. The summed E-state index contributed by atoms with van der Waals surface area (Å²) in [4.78, 5) is 14.7. The van der Waals surface area contributed by atoms with Crippen molar-refractivity contribution < 1.29 is 23.0 Å². The van der Waals surface area contributed by atoms with Gasteiger partial charge in [-0.1, -0.05) is 206 Å². The van der Waals surface area contributed by atoms with Gasteiger partial charge in [0.05, 0.1) is 110 Å². The van der Waals surface area contributed by atoms with E-state index >= 15 is 0 Å². The normalized spacial score (nSPS) is 12.7. The Morgan fingerprint density at radius 1 is 0.191 bits per heavy atom. The van der Waals surface area contributed by atoms with Gasteiger partial charge in [-0.2, -0.15) is 0 Å². The van der Waals surface area contributed by atoms with Crippen molar-refractivity contribution in [2.45, 2.75) is 39.6 Å². The van der Waals surface area contributed by atoms with Gasteiger partial charge in [0.15, 0.2) is 22.7 Å². The van der Waals surface area contributed by atoms with Gasteiger partial charge in [-0.3, -0.25) is 0 Å². The van der Waals surface area contributed by atoms with E-state index in [1.807, 2.05) is 72.8 Å². The number of hydrogen-bond acceptors (Lipinski definition) is 5. The Balaban J connectivity index is 0.000000106. The van der Waals surface area contributed by atoms with Crippen LogP contribution in [0.25, 0.3) is 229 Å². The average Bonchev–Trinajstić information content (AvgIpc) is 1.60. The van der Waals surface area contributed by atoms with Gasteiger partial charge in [-0.25, -0.2) is 19.4 Å². The van der Waals surface area contributed by atoms with Crippen LogP contribution >= 0.6 is 0 Å². The Labute approximate surface area is 751 Å². The van der Waals surface area contributed by atoms with Crippen LogP contribution in [0.3, 0.4) is 0 Å². The van der Waals surface area contributed by atoms with Gasteiger partial charge in [0.25, 0.3) is 0 Å². The maximum Gasteiger partial charge on any atom is 0.188 e. The molecule has 0 aliphatic carbocycles. The Hall–Kier alpha value is -17.4. The molecule has 24 aromatic rings. The van der Waals surface area contributed by atoms with Crippen molar-refractivity contribution in [2.75, 3.05) is 0 Å². The summed E-state index contributed by atoms with van der Waals surface area (Å²) >= 11 is 0. The first kappa shape index (κ1) is 76.1. The molecule has 13 heteroatoms. The molecule has 0 N–H and O–H groups in total. The van der Waals surface area contributed by atoms with E-state index in [1.54, 1.807) is 0 Å². The first-order valence-corrected chi connectivity index (χ1v) is 43.7. The Morgan fingerprint density at radius 2 is 0.504 bits per heavy atom. The lowest BCUT2D eigenvalue weighted by Gasteiger charge is -2.15. The highest BCUT2D eigenvalue weighted by molar-refractivity contribution is 6.15. The molecule has 0 radical (unpaired) electrons. The predicted octanol–water partition coefficient (Wildman–Crippen LogP) is 31.9. The molecule has 3 aliphatic heterocycles. The van der Waals surface area contributed by atoms with Crippen LogP contribution in [0.15, 0.2) is 373 Å². The predicted molar refractivity (Wildman–Crippen MR) is 529 cm³/mol. The SMILES string of the molecule is [C-]#[N+]c1ccc2c(c1)c1ccccc1n2-c1ccc2c(c1)COCc1ccc(-c3ccc4c(c3)oc3ccccc34)cc1-2.[C-]#[N+]c1ccc2c(c1)c1ccccc1n2-c1ccc2c(c1)COCc1ccc(-c3cccc4c3oc3ccccc34)cc1-2.[C-]#[N+]c1ccc2c(c1)c1ccccc1n2-c1ccc2c(c1)COCc1ccc(-n3c4ccccc4c4cc([N+]#[C-])ccc43)cc1-2. The van der Waals surface area contributed by atoms with Gasteiger partial charge in [-0.05, 0) is 263 Å². The molecule has 131 heavy (non-hydrogen) atoms. The van der Waals surface area contributed by atoms with E-state index in [1.165, 1.54) is 44.5 Å². The van der Waals surface area contributed by atoms with Crippen LogP contribution in [0.5, 0.6) is 0 Å². The third-order valence-electron chi connectivity index (χ3n) is 26.6. The average molecular weight is 1680 g/mol. The quantitative estimate of drug-likeness (QED) is 0.155. The summed E-state index contributed by atoms with van der Waals surface area (Å²) < 4.78 is 40.4. The molecule has 0 amide bonds. The first-order valence-electron chi connectivity index (χ1n) is 43.7. The van der Waals surface area contributed by atoms with Gasteiger partial charge in [0.1, 0.15) is 22.3 Å². The second-order valence-corrected chi connectivity index (χ2v) is 33.8. The van der Waals surface area contributed by atoms with Crippen LogP contribution in [0.4, 0.5) is 22.7 Å². The maximum atomic E-state index is 7.54. The lowest BCUT2D eigenvalue weighted by molar-refractivity contribution is 0.110. The van der Waals surface area contributed by atoms with E-state index in [4.69, 9.17) is 49.3 Å². The topological polar surface area (TPSA) is 91.1 Å². The minimum Gasteiger partial charge on any atom is -0.456 e. The van der Waals surface area contributed by atoms with Crippen molar-refractivity contribution in [1.82, 2.24) is 18.3 Å². The summed E-state index contributed by atoms with van der Waals surface area (Å²) in [7, 11) is 0. The number of para-hydroxylation sites is 7. The number of aromatic nitrogens is 4. The highest BCUT2D eigenvalue weighted by atomic mass is 16.5. The van der Waals surface area contributed by atoms with Crippen LogP contribution in [0.2, 0.25) is 0 Å². The summed E-state index contributed by atoms with van der Waals surface area (Å²) in [6.45, 7) is 33.4. The Morgan fingerprint density at radius 3 is 0.939 bits per heavy atom. The summed E-state index contributed by atoms with van der Waals surface area (Å²) in [5.41, 5.74) is 37.9. The van der Waals surface area contributed by atoms with Crippen LogP contribution in [-0.2, 0) is 53.9 Å².